The molecule has 2 aliphatic rings. The van der Waals surface area contributed by atoms with Crippen LogP contribution >= 0.6 is 0 Å². The minimum atomic E-state index is -0.383. The maximum absolute atomic E-state index is 9.41. The van der Waals surface area contributed by atoms with Gasteiger partial charge < -0.3 is 9.47 Å². The lowest BCUT2D eigenvalue weighted by Crippen LogP contribution is -2.46. The minimum absolute atomic E-state index is 0.205. The number of nitriles is 1. The molecule has 1 saturated heterocycles. The fraction of sp³-hybridized carbons (Fsp3) is 0.933. The Morgan fingerprint density at radius 3 is 2.89 bits per heavy atom. The zero-order valence-corrected chi connectivity index (χ0v) is 12.2. The van der Waals surface area contributed by atoms with Crippen LogP contribution in [0.5, 0.6) is 0 Å². The Morgan fingerprint density at radius 2 is 2.26 bits per heavy atom. The normalized spacial score (nSPS) is 35.5. The number of rotatable bonds is 5. The number of ether oxygens (including phenoxy) is 2. The van der Waals surface area contributed by atoms with Crippen LogP contribution in [0.15, 0.2) is 0 Å². The molecule has 0 spiro atoms. The van der Waals surface area contributed by atoms with Gasteiger partial charge in [0.25, 0.3) is 0 Å². The average Bonchev–Trinajstić information content (AvgIpc) is 2.81. The van der Waals surface area contributed by atoms with Gasteiger partial charge in [-0.1, -0.05) is 0 Å². The Labute approximate surface area is 116 Å². The van der Waals surface area contributed by atoms with Crippen molar-refractivity contribution >= 4 is 0 Å². The predicted molar refractivity (Wildman–Crippen MR) is 73.8 cm³/mol. The average molecular weight is 266 g/mol. The summed E-state index contributed by atoms with van der Waals surface area (Å²) in [6, 6.07) is 2.79. The van der Waals surface area contributed by atoms with Gasteiger partial charge >= 0.3 is 0 Å². The first kappa shape index (κ1) is 14.8. The highest BCUT2D eigenvalue weighted by Gasteiger charge is 2.40. The Morgan fingerprint density at radius 1 is 1.42 bits per heavy atom. The molecule has 3 unspecified atom stereocenters. The van der Waals surface area contributed by atoms with E-state index >= 15 is 0 Å². The van der Waals surface area contributed by atoms with Crippen LogP contribution in [0.2, 0.25) is 0 Å². The molecule has 4 nitrogen and oxygen atoms in total. The molecule has 2 rings (SSSR count). The molecule has 0 aromatic rings. The van der Waals surface area contributed by atoms with E-state index in [1.54, 1.807) is 0 Å². The molecule has 108 valence electrons. The van der Waals surface area contributed by atoms with E-state index < -0.39 is 0 Å². The summed E-state index contributed by atoms with van der Waals surface area (Å²) in [6.45, 7) is 5.73. The van der Waals surface area contributed by atoms with E-state index in [1.165, 1.54) is 12.8 Å². The van der Waals surface area contributed by atoms with Crippen LogP contribution in [-0.4, -0.2) is 37.0 Å². The number of hydrogen-bond donors (Lipinski definition) is 1. The molecule has 0 amide bonds. The zero-order chi connectivity index (χ0) is 13.7. The summed E-state index contributed by atoms with van der Waals surface area (Å²) in [4.78, 5) is 0. The summed E-state index contributed by atoms with van der Waals surface area (Å²) in [6.07, 6.45) is 6.67. The smallest absolute Gasteiger partial charge is 0.109 e. The number of nitrogens with zero attached hydrogens (tertiary/aromatic N) is 1. The lowest BCUT2D eigenvalue weighted by Gasteiger charge is -2.26. The molecule has 3 atom stereocenters. The third-order valence-corrected chi connectivity index (χ3v) is 4.04. The zero-order valence-electron chi connectivity index (χ0n) is 12.2. The topological polar surface area (TPSA) is 54.3 Å². The van der Waals surface area contributed by atoms with Gasteiger partial charge in [-0.25, -0.2) is 0 Å². The molecule has 0 bridgehead atoms. The Bertz CT molecular complexity index is 321. The number of nitrogens with one attached hydrogen (secondary N) is 1. The van der Waals surface area contributed by atoms with Gasteiger partial charge in [0.15, 0.2) is 0 Å². The SMILES string of the molecule is CC(C)NC1(C#N)CCC(OCC2CCCCO2)C1. The van der Waals surface area contributed by atoms with Crippen molar-refractivity contribution in [3.8, 4) is 6.07 Å². The van der Waals surface area contributed by atoms with E-state index in [4.69, 9.17) is 9.47 Å². The van der Waals surface area contributed by atoms with Crippen molar-refractivity contribution in [1.29, 1.82) is 5.26 Å². The molecule has 0 aromatic heterocycles. The molecular weight excluding hydrogens is 240 g/mol. The quantitative estimate of drug-likeness (QED) is 0.830. The van der Waals surface area contributed by atoms with Gasteiger partial charge in [0.2, 0.25) is 0 Å². The van der Waals surface area contributed by atoms with Crippen LogP contribution in [0.4, 0.5) is 0 Å². The van der Waals surface area contributed by atoms with Crippen LogP contribution in [-0.2, 0) is 9.47 Å². The minimum Gasteiger partial charge on any atom is -0.376 e. The highest BCUT2D eigenvalue weighted by Crippen LogP contribution is 2.32. The fourth-order valence-electron chi connectivity index (χ4n) is 3.14. The van der Waals surface area contributed by atoms with Crippen molar-refractivity contribution in [1.82, 2.24) is 5.32 Å². The first-order chi connectivity index (χ1) is 9.13. The molecule has 1 heterocycles. The summed E-state index contributed by atoms with van der Waals surface area (Å²) in [5, 5.41) is 12.8. The molecule has 0 aromatic carbocycles. The molecule has 1 aliphatic heterocycles. The van der Waals surface area contributed by atoms with Gasteiger partial charge in [0, 0.05) is 19.1 Å². The Kier molecular flexibility index (Phi) is 5.20. The lowest BCUT2D eigenvalue weighted by atomic mass is 9.98. The third kappa shape index (κ3) is 4.17. The van der Waals surface area contributed by atoms with E-state index in [1.807, 2.05) is 0 Å². The molecule has 1 aliphatic carbocycles. The lowest BCUT2D eigenvalue weighted by molar-refractivity contribution is -0.0620. The second-order valence-electron chi connectivity index (χ2n) is 6.18. The first-order valence-corrected chi connectivity index (χ1v) is 7.56. The van der Waals surface area contributed by atoms with E-state index in [2.05, 4.69) is 25.2 Å². The second kappa shape index (κ2) is 6.69. The summed E-state index contributed by atoms with van der Waals surface area (Å²) >= 11 is 0. The van der Waals surface area contributed by atoms with Crippen molar-refractivity contribution in [2.24, 2.45) is 0 Å². The molecular formula is C15H26N2O2. The number of hydrogen-bond acceptors (Lipinski definition) is 4. The van der Waals surface area contributed by atoms with Crippen LogP contribution < -0.4 is 5.32 Å². The van der Waals surface area contributed by atoms with E-state index in [-0.39, 0.29) is 17.7 Å². The van der Waals surface area contributed by atoms with Crippen molar-refractivity contribution in [3.63, 3.8) is 0 Å². The third-order valence-electron chi connectivity index (χ3n) is 4.04. The summed E-state index contributed by atoms with van der Waals surface area (Å²) in [5.74, 6) is 0. The standard InChI is InChI=1S/C15H26N2O2/c1-12(2)17-15(11-16)7-6-13(9-15)19-10-14-5-3-4-8-18-14/h12-14,17H,3-10H2,1-2H3. The maximum atomic E-state index is 9.41. The van der Waals surface area contributed by atoms with Gasteiger partial charge in [0.05, 0.1) is 24.9 Å². The van der Waals surface area contributed by atoms with E-state index in [0.717, 1.165) is 32.3 Å². The van der Waals surface area contributed by atoms with Gasteiger partial charge in [-0.05, 0) is 46.0 Å². The largest absolute Gasteiger partial charge is 0.376 e. The Balaban J connectivity index is 1.76. The van der Waals surface area contributed by atoms with Crippen LogP contribution in [0.1, 0.15) is 52.4 Å². The highest BCUT2D eigenvalue weighted by molar-refractivity contribution is 5.12. The summed E-state index contributed by atoms with van der Waals surface area (Å²) in [5.41, 5.74) is -0.383. The molecule has 2 fully saturated rings. The van der Waals surface area contributed by atoms with Gasteiger partial charge in [-0.15, -0.1) is 0 Å². The van der Waals surface area contributed by atoms with Crippen molar-refractivity contribution in [2.45, 2.75) is 76.2 Å². The van der Waals surface area contributed by atoms with E-state index in [9.17, 15) is 5.26 Å². The maximum Gasteiger partial charge on any atom is 0.109 e. The predicted octanol–water partition coefficient (Wildman–Crippen LogP) is 2.38. The highest BCUT2D eigenvalue weighted by atomic mass is 16.5. The van der Waals surface area contributed by atoms with E-state index in [0.29, 0.717) is 12.6 Å². The van der Waals surface area contributed by atoms with Crippen LogP contribution in [0.3, 0.4) is 0 Å². The molecule has 19 heavy (non-hydrogen) atoms. The molecule has 1 saturated carbocycles. The first-order valence-electron chi connectivity index (χ1n) is 7.56. The van der Waals surface area contributed by atoms with Crippen molar-refractivity contribution < 1.29 is 9.47 Å². The molecule has 0 radical (unpaired) electrons. The summed E-state index contributed by atoms with van der Waals surface area (Å²) in [7, 11) is 0. The fourth-order valence-corrected chi connectivity index (χ4v) is 3.14. The second-order valence-corrected chi connectivity index (χ2v) is 6.18. The monoisotopic (exact) mass is 266 g/mol. The molecule has 4 heteroatoms. The van der Waals surface area contributed by atoms with Gasteiger partial charge in [0.1, 0.15) is 5.54 Å². The summed E-state index contributed by atoms with van der Waals surface area (Å²) < 4.78 is 11.6. The Hall–Kier alpha value is -0.630. The van der Waals surface area contributed by atoms with Crippen molar-refractivity contribution in [2.75, 3.05) is 13.2 Å². The van der Waals surface area contributed by atoms with Gasteiger partial charge in [-0.3, -0.25) is 5.32 Å². The van der Waals surface area contributed by atoms with Crippen LogP contribution in [0.25, 0.3) is 0 Å². The van der Waals surface area contributed by atoms with Crippen LogP contribution in [0, 0.1) is 11.3 Å². The van der Waals surface area contributed by atoms with Gasteiger partial charge in [-0.2, -0.15) is 5.26 Å². The molecule has 1 N–H and O–H groups in total. The van der Waals surface area contributed by atoms with Crippen molar-refractivity contribution in [3.05, 3.63) is 0 Å².